The summed E-state index contributed by atoms with van der Waals surface area (Å²) in [5.41, 5.74) is 1.74. The quantitative estimate of drug-likeness (QED) is 0.783. The van der Waals surface area contributed by atoms with Gasteiger partial charge in [-0.1, -0.05) is 6.07 Å². The highest BCUT2D eigenvalue weighted by Crippen LogP contribution is 2.25. The Morgan fingerprint density at radius 2 is 2.19 bits per heavy atom. The minimum absolute atomic E-state index is 0.0977. The number of benzene rings is 1. The number of nitrogens with one attached hydrogen (secondary N) is 1. The summed E-state index contributed by atoms with van der Waals surface area (Å²) in [7, 11) is 0. The van der Waals surface area contributed by atoms with Crippen LogP contribution in [0, 0.1) is 6.92 Å². The molecular formula is C16H16N4O. The summed E-state index contributed by atoms with van der Waals surface area (Å²) >= 11 is 0. The highest BCUT2D eigenvalue weighted by Gasteiger charge is 2.32. The number of aromatic amines is 1. The zero-order valence-corrected chi connectivity index (χ0v) is 11.8. The van der Waals surface area contributed by atoms with Crippen LogP contribution in [0.15, 0.2) is 42.9 Å². The van der Waals surface area contributed by atoms with Crippen LogP contribution < -0.4 is 0 Å². The molecule has 0 saturated carbocycles. The summed E-state index contributed by atoms with van der Waals surface area (Å²) in [6.07, 6.45) is 5.67. The minimum atomic E-state index is 0.0977. The molecule has 0 radical (unpaired) electrons. The standard InChI is InChI=1S/C16H16N4O/c1-11-17-6-7-20(11)14-9-19(10-14)16(21)13-3-2-12-4-5-18-15(12)8-13/h2-8,14,18H,9-10H2,1H3. The Morgan fingerprint density at radius 3 is 2.95 bits per heavy atom. The molecule has 4 rings (SSSR count). The monoisotopic (exact) mass is 280 g/mol. The van der Waals surface area contributed by atoms with Crippen molar-refractivity contribution in [2.75, 3.05) is 13.1 Å². The number of H-pyrrole nitrogens is 1. The van der Waals surface area contributed by atoms with Gasteiger partial charge in [0.05, 0.1) is 6.04 Å². The molecule has 5 nitrogen and oxygen atoms in total. The van der Waals surface area contributed by atoms with E-state index in [4.69, 9.17) is 0 Å². The maximum absolute atomic E-state index is 12.5. The van der Waals surface area contributed by atoms with Gasteiger partial charge in [0.1, 0.15) is 5.82 Å². The molecule has 21 heavy (non-hydrogen) atoms. The molecule has 2 aromatic heterocycles. The minimum Gasteiger partial charge on any atom is -0.361 e. The number of amides is 1. The molecule has 1 aliphatic rings. The lowest BCUT2D eigenvalue weighted by Crippen LogP contribution is -2.50. The van der Waals surface area contributed by atoms with E-state index in [1.54, 1.807) is 6.20 Å². The molecule has 0 bridgehead atoms. The number of nitrogens with zero attached hydrogens (tertiary/aromatic N) is 3. The van der Waals surface area contributed by atoms with Gasteiger partial charge >= 0.3 is 0 Å². The van der Waals surface area contributed by atoms with Crippen LogP contribution in [-0.2, 0) is 0 Å². The first-order valence-corrected chi connectivity index (χ1v) is 7.08. The molecule has 1 amide bonds. The van der Waals surface area contributed by atoms with Crippen LogP contribution in [0.2, 0.25) is 0 Å². The normalized spacial score (nSPS) is 15.4. The van der Waals surface area contributed by atoms with Crippen LogP contribution in [-0.4, -0.2) is 38.4 Å². The van der Waals surface area contributed by atoms with Gasteiger partial charge in [0.15, 0.2) is 0 Å². The van der Waals surface area contributed by atoms with E-state index < -0.39 is 0 Å². The van der Waals surface area contributed by atoms with E-state index in [1.807, 2.05) is 48.5 Å². The van der Waals surface area contributed by atoms with E-state index in [0.29, 0.717) is 6.04 Å². The SMILES string of the molecule is Cc1nccn1C1CN(C(=O)c2ccc3cc[nH]c3c2)C1. The summed E-state index contributed by atoms with van der Waals surface area (Å²) in [6.45, 7) is 3.49. The van der Waals surface area contributed by atoms with Crippen molar-refractivity contribution in [3.05, 3.63) is 54.2 Å². The molecule has 3 heterocycles. The highest BCUT2D eigenvalue weighted by atomic mass is 16.2. The number of hydrogen-bond acceptors (Lipinski definition) is 2. The number of fused-ring (bicyclic) bond motifs is 1. The number of aromatic nitrogens is 3. The fourth-order valence-corrected chi connectivity index (χ4v) is 2.93. The topological polar surface area (TPSA) is 53.9 Å². The van der Waals surface area contributed by atoms with Crippen LogP contribution in [0.25, 0.3) is 10.9 Å². The van der Waals surface area contributed by atoms with E-state index in [1.165, 1.54) is 0 Å². The maximum Gasteiger partial charge on any atom is 0.254 e. The molecular weight excluding hydrogens is 264 g/mol. The fraction of sp³-hybridized carbons (Fsp3) is 0.250. The molecule has 106 valence electrons. The molecule has 1 aromatic carbocycles. The van der Waals surface area contributed by atoms with Gasteiger partial charge in [0.25, 0.3) is 5.91 Å². The van der Waals surface area contributed by atoms with Gasteiger partial charge in [0, 0.05) is 42.8 Å². The molecule has 1 aliphatic heterocycles. The second-order valence-electron chi connectivity index (χ2n) is 5.53. The van der Waals surface area contributed by atoms with Crippen molar-refractivity contribution < 1.29 is 4.79 Å². The van der Waals surface area contributed by atoms with Crippen LogP contribution in [0.3, 0.4) is 0 Å². The summed E-state index contributed by atoms with van der Waals surface area (Å²) in [5.74, 6) is 1.10. The lowest BCUT2D eigenvalue weighted by molar-refractivity contribution is 0.0517. The Balaban J connectivity index is 1.50. The Hall–Kier alpha value is -2.56. The fourth-order valence-electron chi connectivity index (χ4n) is 2.93. The van der Waals surface area contributed by atoms with Crippen molar-refractivity contribution in [2.45, 2.75) is 13.0 Å². The predicted molar refractivity (Wildman–Crippen MR) is 80.2 cm³/mol. The number of rotatable bonds is 2. The zero-order valence-electron chi connectivity index (χ0n) is 11.8. The van der Waals surface area contributed by atoms with Crippen LogP contribution in [0.4, 0.5) is 0 Å². The van der Waals surface area contributed by atoms with Crippen molar-refractivity contribution in [2.24, 2.45) is 0 Å². The van der Waals surface area contributed by atoms with Gasteiger partial charge in [-0.25, -0.2) is 4.98 Å². The number of hydrogen-bond donors (Lipinski definition) is 1. The second-order valence-corrected chi connectivity index (χ2v) is 5.53. The average Bonchev–Trinajstić information content (AvgIpc) is 3.05. The number of carbonyl (C=O) groups excluding carboxylic acids is 1. The number of carbonyl (C=O) groups is 1. The first-order valence-electron chi connectivity index (χ1n) is 7.08. The molecule has 0 atom stereocenters. The van der Waals surface area contributed by atoms with Crippen molar-refractivity contribution in [1.82, 2.24) is 19.4 Å². The molecule has 1 saturated heterocycles. The van der Waals surface area contributed by atoms with Gasteiger partial charge in [-0.2, -0.15) is 0 Å². The maximum atomic E-state index is 12.5. The Kier molecular flexibility index (Phi) is 2.60. The summed E-state index contributed by atoms with van der Waals surface area (Å²) in [4.78, 5) is 21.7. The van der Waals surface area contributed by atoms with Crippen LogP contribution in [0.1, 0.15) is 22.2 Å². The second kappa shape index (κ2) is 4.48. The van der Waals surface area contributed by atoms with Crippen LogP contribution >= 0.6 is 0 Å². The molecule has 5 heteroatoms. The molecule has 3 aromatic rings. The number of aryl methyl sites for hydroxylation is 1. The van der Waals surface area contributed by atoms with Crippen molar-refractivity contribution in [1.29, 1.82) is 0 Å². The molecule has 0 unspecified atom stereocenters. The van der Waals surface area contributed by atoms with E-state index >= 15 is 0 Å². The Morgan fingerprint density at radius 1 is 1.33 bits per heavy atom. The van der Waals surface area contributed by atoms with Gasteiger partial charge < -0.3 is 14.5 Å². The van der Waals surface area contributed by atoms with Gasteiger partial charge in [-0.3, -0.25) is 4.79 Å². The third-order valence-electron chi connectivity index (χ3n) is 4.21. The molecule has 0 spiro atoms. The largest absolute Gasteiger partial charge is 0.361 e. The van der Waals surface area contributed by atoms with E-state index in [-0.39, 0.29) is 5.91 Å². The lowest BCUT2D eigenvalue weighted by atomic mass is 10.1. The van der Waals surface area contributed by atoms with Crippen molar-refractivity contribution >= 4 is 16.8 Å². The highest BCUT2D eigenvalue weighted by molar-refractivity contribution is 5.98. The molecule has 1 fully saturated rings. The van der Waals surface area contributed by atoms with Gasteiger partial charge in [-0.05, 0) is 30.5 Å². The number of imidazole rings is 1. The van der Waals surface area contributed by atoms with Gasteiger partial charge in [0.2, 0.25) is 0 Å². The van der Waals surface area contributed by atoms with E-state index in [2.05, 4.69) is 14.5 Å². The smallest absolute Gasteiger partial charge is 0.254 e. The zero-order chi connectivity index (χ0) is 14.4. The summed E-state index contributed by atoms with van der Waals surface area (Å²) in [5, 5.41) is 1.13. The van der Waals surface area contributed by atoms with Gasteiger partial charge in [-0.15, -0.1) is 0 Å². The van der Waals surface area contributed by atoms with E-state index in [9.17, 15) is 4.79 Å². The number of likely N-dealkylation sites (tertiary alicyclic amines) is 1. The molecule has 1 N–H and O–H groups in total. The first kappa shape index (κ1) is 12.2. The predicted octanol–water partition coefficient (Wildman–Crippen LogP) is 2.37. The summed E-state index contributed by atoms with van der Waals surface area (Å²) in [6, 6.07) is 8.16. The van der Waals surface area contributed by atoms with Crippen molar-refractivity contribution in [3.8, 4) is 0 Å². The lowest BCUT2D eigenvalue weighted by Gasteiger charge is -2.40. The average molecular weight is 280 g/mol. The third kappa shape index (κ3) is 1.93. The van der Waals surface area contributed by atoms with Crippen LogP contribution in [0.5, 0.6) is 0 Å². The van der Waals surface area contributed by atoms with E-state index in [0.717, 1.165) is 35.4 Å². The van der Waals surface area contributed by atoms with Crippen molar-refractivity contribution in [3.63, 3.8) is 0 Å². The third-order valence-corrected chi connectivity index (χ3v) is 4.21. The Bertz CT molecular complexity index is 810. The summed E-state index contributed by atoms with van der Waals surface area (Å²) < 4.78 is 2.14. The Labute approximate surface area is 122 Å². The first-order chi connectivity index (χ1) is 10.2. The molecule has 0 aliphatic carbocycles.